The molecule has 0 bridgehead atoms. The van der Waals surface area contributed by atoms with Gasteiger partial charge in [-0.25, -0.2) is 0 Å². The van der Waals surface area contributed by atoms with Crippen molar-refractivity contribution in [3.05, 3.63) is 0 Å². The SMILES string of the molecule is [Li+].[Mg+2].[O]=[GeH][O-].[O]=[GeH][O-].[O]=[GeH][O-]. The molecule has 0 aromatic rings. The van der Waals surface area contributed by atoms with Crippen molar-refractivity contribution < 1.29 is 42.6 Å². The third kappa shape index (κ3) is 352. The molecule has 0 saturated heterocycles. The Balaban J connectivity index is -0.0000000150. The molecule has 0 aliphatic carbocycles. The molecule has 0 fully saturated rings. The van der Waals surface area contributed by atoms with Crippen molar-refractivity contribution in [2.45, 2.75) is 0 Å². The Kier molecular flexibility index (Phi) is 159. The molecule has 54 valence electrons. The van der Waals surface area contributed by atoms with Gasteiger partial charge in [-0.2, -0.15) is 0 Å². The summed E-state index contributed by atoms with van der Waals surface area (Å²) in [6.07, 6.45) is 0. The van der Waals surface area contributed by atoms with E-state index in [1.54, 1.807) is 0 Å². The third-order valence-corrected chi connectivity index (χ3v) is 0. The normalized spacial score (nSPS) is 3.27. The average molecular weight is 348 g/mol. The molecule has 0 N–H and O–H groups in total. The van der Waals surface area contributed by atoms with Crippen LogP contribution in [0.25, 0.3) is 0 Å². The predicted molar refractivity (Wildman–Crippen MR) is 29.3 cm³/mol. The maximum absolute atomic E-state index is 8.53. The summed E-state index contributed by atoms with van der Waals surface area (Å²) in [7, 11) is 0. The fourth-order valence-electron chi connectivity index (χ4n) is 0. The first-order chi connectivity index (χ1) is 4.24. The van der Waals surface area contributed by atoms with Gasteiger partial charge in [-0.05, 0) is 0 Å². The van der Waals surface area contributed by atoms with E-state index in [-0.39, 0.29) is 41.9 Å². The van der Waals surface area contributed by atoms with Gasteiger partial charge in [0, 0.05) is 0 Å². The monoisotopic (exact) mass is 352 g/mol. The van der Waals surface area contributed by atoms with Gasteiger partial charge in [-0.15, -0.1) is 0 Å². The van der Waals surface area contributed by atoms with Crippen molar-refractivity contribution in [1.82, 2.24) is 0 Å². The zero-order chi connectivity index (χ0) is 8.12. The summed E-state index contributed by atoms with van der Waals surface area (Å²) in [5, 5.41) is 0. The molecule has 0 spiro atoms. The van der Waals surface area contributed by atoms with Gasteiger partial charge in [-0.3, -0.25) is 0 Å². The fourth-order valence-corrected chi connectivity index (χ4v) is 0. The van der Waals surface area contributed by atoms with Gasteiger partial charge in [0.2, 0.25) is 0 Å². The van der Waals surface area contributed by atoms with E-state index in [1.165, 1.54) is 0 Å². The summed E-state index contributed by atoms with van der Waals surface area (Å²) in [6, 6.07) is 0. The van der Waals surface area contributed by atoms with Crippen LogP contribution in [0.3, 0.4) is 0 Å². The van der Waals surface area contributed by atoms with Gasteiger partial charge in [0.05, 0.1) is 0 Å². The molecule has 0 amide bonds. The Hall–Kier alpha value is 1.79. The Labute approximate surface area is 111 Å². The van der Waals surface area contributed by atoms with Gasteiger partial charge >= 0.3 is 113 Å². The summed E-state index contributed by atoms with van der Waals surface area (Å²) in [5.41, 5.74) is 0. The van der Waals surface area contributed by atoms with Crippen LogP contribution in [0.4, 0.5) is 0 Å². The number of rotatable bonds is 0. The minimum atomic E-state index is -2.19. The van der Waals surface area contributed by atoms with Gasteiger partial charge in [-0.1, -0.05) is 0 Å². The molecular formula is H3Ge3LiMgO6. The first kappa shape index (κ1) is 29.3. The molecule has 0 radical (unpaired) electrons. The van der Waals surface area contributed by atoms with Crippen LogP contribution in [0.5, 0.6) is 0 Å². The molecule has 11 heteroatoms. The van der Waals surface area contributed by atoms with E-state index in [0.29, 0.717) is 0 Å². The topological polar surface area (TPSA) is 120 Å². The van der Waals surface area contributed by atoms with Crippen LogP contribution in [-0.2, 0) is 11.3 Å². The van der Waals surface area contributed by atoms with Gasteiger partial charge < -0.3 is 0 Å². The van der Waals surface area contributed by atoms with Crippen LogP contribution in [-0.4, -0.2) is 70.2 Å². The predicted octanol–water partition coefficient (Wildman–Crippen LogP) is -9.25. The van der Waals surface area contributed by atoms with Crippen LogP contribution >= 0.6 is 0 Å². The first-order valence-corrected chi connectivity index (χ1v) is 7.35. The minimum absolute atomic E-state index is 0. The van der Waals surface area contributed by atoms with Crippen molar-refractivity contribution in [3.63, 3.8) is 0 Å². The van der Waals surface area contributed by atoms with E-state index in [2.05, 4.69) is 0 Å². The van der Waals surface area contributed by atoms with Gasteiger partial charge in [0.1, 0.15) is 0 Å². The maximum atomic E-state index is 8.53. The second kappa shape index (κ2) is 59.8. The van der Waals surface area contributed by atoms with Crippen molar-refractivity contribution in [1.29, 1.82) is 0 Å². The molecule has 0 aliphatic rings. The van der Waals surface area contributed by atoms with Crippen LogP contribution in [0.15, 0.2) is 0 Å². The van der Waals surface area contributed by atoms with Gasteiger partial charge in [0.25, 0.3) is 0 Å². The van der Waals surface area contributed by atoms with E-state index in [4.69, 9.17) is 23.7 Å². The van der Waals surface area contributed by atoms with E-state index >= 15 is 0 Å². The summed E-state index contributed by atoms with van der Waals surface area (Å²) in [6.45, 7) is 0. The van der Waals surface area contributed by atoms with E-state index in [9.17, 15) is 0 Å². The summed E-state index contributed by atoms with van der Waals surface area (Å²) in [4.78, 5) is 0. The van der Waals surface area contributed by atoms with Crippen LogP contribution in [0.1, 0.15) is 0 Å². The second-order valence-corrected chi connectivity index (χ2v) is 1.50. The van der Waals surface area contributed by atoms with Crippen molar-refractivity contribution in [2.75, 3.05) is 0 Å². The zero-order valence-corrected chi connectivity index (χ0v) is 14.6. The van der Waals surface area contributed by atoms with E-state index in [1.807, 2.05) is 0 Å². The molecule has 6 nitrogen and oxygen atoms in total. The summed E-state index contributed by atoms with van der Waals surface area (Å²) in [5.74, 6) is 0. The Morgan fingerprint density at radius 3 is 0.727 bits per heavy atom. The quantitative estimate of drug-likeness (QED) is 0.401. The summed E-state index contributed by atoms with van der Waals surface area (Å²) >= 11 is -6.56. The first-order valence-electron chi connectivity index (χ1n) is 1.41. The molecule has 0 aliphatic heterocycles. The molecule has 0 heterocycles. The molecule has 0 atom stereocenters. The van der Waals surface area contributed by atoms with E-state index < -0.39 is 47.1 Å². The van der Waals surface area contributed by atoms with Crippen LogP contribution in [0.2, 0.25) is 0 Å². The van der Waals surface area contributed by atoms with Crippen LogP contribution in [0, 0.1) is 0 Å². The summed E-state index contributed by atoms with van der Waals surface area (Å²) < 4.78 is 51.2. The average Bonchev–Trinajstić information content (AvgIpc) is 1.70. The molecule has 0 saturated carbocycles. The molecule has 0 unspecified atom stereocenters. The van der Waals surface area contributed by atoms with Crippen molar-refractivity contribution >= 4 is 70.2 Å². The third-order valence-electron chi connectivity index (χ3n) is 0. The van der Waals surface area contributed by atoms with Crippen molar-refractivity contribution in [2.24, 2.45) is 0 Å². The Bertz CT molecular complexity index is 54.6. The number of hydrogen-bond donors (Lipinski definition) is 0. The Morgan fingerprint density at radius 2 is 0.727 bits per heavy atom. The van der Waals surface area contributed by atoms with Crippen molar-refractivity contribution in [3.8, 4) is 0 Å². The number of hydrogen-bond acceptors (Lipinski definition) is 6. The van der Waals surface area contributed by atoms with E-state index in [0.717, 1.165) is 0 Å². The molecule has 0 aromatic heterocycles. The zero-order valence-electron chi connectivity index (χ0n) is 5.89. The fraction of sp³-hybridized carbons (Fsp3) is 0. The molecule has 0 rings (SSSR count). The second-order valence-electron chi connectivity index (χ2n) is 0.289. The van der Waals surface area contributed by atoms with Crippen LogP contribution < -0.4 is 31.3 Å². The van der Waals surface area contributed by atoms with Gasteiger partial charge in [0.15, 0.2) is 0 Å². The Morgan fingerprint density at radius 1 is 0.727 bits per heavy atom. The molecule has 0 aromatic carbocycles. The standard InChI is InChI=1S/3GeHO2.Li.Mg/c3*2-1-3;;/h3*1H;;/q3*-1;+1;+2. The molecule has 11 heavy (non-hydrogen) atoms. The molecular weight excluding hydrogens is 345 g/mol.